The third-order valence-electron chi connectivity index (χ3n) is 4.10. The zero-order chi connectivity index (χ0) is 23.9. The summed E-state index contributed by atoms with van der Waals surface area (Å²) in [7, 11) is 0. The molecule has 0 heterocycles. The summed E-state index contributed by atoms with van der Waals surface area (Å²) in [6.07, 6.45) is -12.6. The van der Waals surface area contributed by atoms with Crippen LogP contribution in [0.3, 0.4) is 0 Å². The molecule has 0 radical (unpaired) electrons. The van der Waals surface area contributed by atoms with Gasteiger partial charge in [-0.2, -0.15) is 52.7 Å². The van der Waals surface area contributed by atoms with Crippen molar-refractivity contribution in [1.29, 1.82) is 0 Å². The highest BCUT2D eigenvalue weighted by Crippen LogP contribution is 2.54. The molecule has 0 aliphatic carbocycles. The van der Waals surface area contributed by atoms with Crippen LogP contribution in [0.4, 0.5) is 52.7 Å². The molecule has 0 nitrogen and oxygen atoms in total. The monoisotopic (exact) mass is 466 g/mol. The van der Waals surface area contributed by atoms with Gasteiger partial charge in [-0.1, -0.05) is 42.5 Å². The number of hydrogen-bond donors (Lipinski definition) is 0. The van der Waals surface area contributed by atoms with E-state index in [0.29, 0.717) is 24.3 Å². The van der Waals surface area contributed by atoms with E-state index in [1.54, 1.807) is 0 Å². The maximum absolute atomic E-state index is 14.1. The number of rotatable bonds is 5. The summed E-state index contributed by atoms with van der Waals surface area (Å²) in [6.45, 7) is 0. The van der Waals surface area contributed by atoms with Gasteiger partial charge < -0.3 is 0 Å². The molecule has 0 aliphatic rings. The maximum Gasteiger partial charge on any atom is 0.460 e. The van der Waals surface area contributed by atoms with E-state index in [0.717, 1.165) is 12.1 Å². The quantitative estimate of drug-likeness (QED) is 0.398. The molecule has 170 valence electrons. The zero-order valence-corrected chi connectivity index (χ0v) is 14.8. The fraction of sp³-hybridized carbons (Fsp3) is 0.263. The number of benzene rings is 2. The molecule has 0 bridgehead atoms. The highest BCUT2D eigenvalue weighted by Gasteiger charge is 2.81. The molecule has 0 N–H and O–H groups in total. The molecule has 2 aromatic carbocycles. The fourth-order valence-electron chi connectivity index (χ4n) is 2.45. The van der Waals surface area contributed by atoms with Gasteiger partial charge in [0.2, 0.25) is 0 Å². The number of allylic oxidation sites excluding steroid dienone is 1. The van der Waals surface area contributed by atoms with E-state index >= 15 is 0 Å². The Morgan fingerprint density at radius 2 is 1.00 bits per heavy atom. The second kappa shape index (κ2) is 7.79. The molecular formula is C19H10F12. The van der Waals surface area contributed by atoms with Crippen molar-refractivity contribution in [1.82, 2.24) is 0 Å². The Hall–Kier alpha value is -2.66. The fourth-order valence-corrected chi connectivity index (χ4v) is 2.45. The van der Waals surface area contributed by atoms with Crippen molar-refractivity contribution in [2.45, 2.75) is 30.1 Å². The van der Waals surface area contributed by atoms with Crippen LogP contribution in [0, 0.1) is 0 Å². The summed E-state index contributed by atoms with van der Waals surface area (Å²) in [5, 5.41) is 0. The van der Waals surface area contributed by atoms with Crippen LogP contribution in [0.15, 0.2) is 60.7 Å². The Kier molecular flexibility index (Phi) is 6.19. The van der Waals surface area contributed by atoms with Gasteiger partial charge in [0.1, 0.15) is 0 Å². The topological polar surface area (TPSA) is 0 Å². The van der Waals surface area contributed by atoms with Gasteiger partial charge in [-0.05, 0) is 34.9 Å². The van der Waals surface area contributed by atoms with Crippen LogP contribution in [0.5, 0.6) is 0 Å². The third kappa shape index (κ3) is 4.67. The van der Waals surface area contributed by atoms with Crippen LogP contribution in [0.1, 0.15) is 16.7 Å². The first-order chi connectivity index (χ1) is 13.9. The second-order valence-corrected chi connectivity index (χ2v) is 6.27. The molecule has 12 heteroatoms. The Morgan fingerprint density at radius 1 is 0.548 bits per heavy atom. The normalized spacial score (nSPS) is 14.6. The minimum Gasteiger partial charge on any atom is -0.195 e. The van der Waals surface area contributed by atoms with Crippen LogP contribution in [0.25, 0.3) is 5.57 Å². The van der Waals surface area contributed by atoms with Crippen LogP contribution in [-0.4, -0.2) is 23.9 Å². The smallest absolute Gasteiger partial charge is 0.195 e. The van der Waals surface area contributed by atoms with Gasteiger partial charge in [0.15, 0.2) is 0 Å². The van der Waals surface area contributed by atoms with Crippen molar-refractivity contribution < 1.29 is 52.7 Å². The Bertz CT molecular complexity index is 919. The van der Waals surface area contributed by atoms with Crippen molar-refractivity contribution in [2.24, 2.45) is 0 Å². The van der Waals surface area contributed by atoms with Gasteiger partial charge in [0.05, 0.1) is 5.56 Å². The summed E-state index contributed by atoms with van der Waals surface area (Å²) in [4.78, 5) is 0. The van der Waals surface area contributed by atoms with E-state index in [-0.39, 0.29) is 5.56 Å². The molecule has 0 fully saturated rings. The molecule has 0 aromatic heterocycles. The van der Waals surface area contributed by atoms with Crippen LogP contribution in [0.2, 0.25) is 0 Å². The highest BCUT2D eigenvalue weighted by atomic mass is 19.4. The van der Waals surface area contributed by atoms with Gasteiger partial charge in [0, 0.05) is 0 Å². The van der Waals surface area contributed by atoms with Crippen LogP contribution >= 0.6 is 0 Å². The Morgan fingerprint density at radius 3 is 1.42 bits per heavy atom. The summed E-state index contributed by atoms with van der Waals surface area (Å²) in [5.41, 5.74) is -3.10. The van der Waals surface area contributed by atoms with E-state index < -0.39 is 52.9 Å². The van der Waals surface area contributed by atoms with E-state index in [1.165, 1.54) is 18.2 Å². The lowest BCUT2D eigenvalue weighted by molar-refractivity contribution is -0.388. The van der Waals surface area contributed by atoms with Gasteiger partial charge in [0.25, 0.3) is 0 Å². The molecule has 0 saturated heterocycles. The Labute approximate surface area is 166 Å². The highest BCUT2D eigenvalue weighted by molar-refractivity contribution is 5.80. The maximum atomic E-state index is 14.1. The third-order valence-corrected chi connectivity index (χ3v) is 4.10. The number of alkyl halides is 12. The van der Waals surface area contributed by atoms with Crippen molar-refractivity contribution in [3.63, 3.8) is 0 Å². The van der Waals surface area contributed by atoms with E-state index in [1.807, 2.05) is 0 Å². The standard InChI is InChI=1S/C19H10F12/c20-15(21,17(25,26)18(27,28)19(29,30)31)10-14(11-4-2-1-3-5-11)12-6-8-13(9-7-12)16(22,23)24/h1-10H/b14-10+. The molecule has 0 spiro atoms. The lowest BCUT2D eigenvalue weighted by atomic mass is 9.92. The zero-order valence-electron chi connectivity index (χ0n) is 14.8. The first-order valence-electron chi connectivity index (χ1n) is 8.08. The molecule has 0 atom stereocenters. The first kappa shape index (κ1) is 24.6. The lowest BCUT2D eigenvalue weighted by Gasteiger charge is -2.32. The summed E-state index contributed by atoms with van der Waals surface area (Å²) in [6, 6.07) is 7.81. The molecule has 0 saturated carbocycles. The molecule has 0 unspecified atom stereocenters. The molecule has 2 rings (SSSR count). The van der Waals surface area contributed by atoms with Crippen molar-refractivity contribution in [2.75, 3.05) is 0 Å². The predicted octanol–water partition coefficient (Wildman–Crippen LogP) is 7.61. The van der Waals surface area contributed by atoms with Gasteiger partial charge in [-0.3, -0.25) is 0 Å². The van der Waals surface area contributed by atoms with Crippen LogP contribution < -0.4 is 0 Å². The number of hydrogen-bond acceptors (Lipinski definition) is 0. The average molecular weight is 466 g/mol. The van der Waals surface area contributed by atoms with E-state index in [9.17, 15) is 52.7 Å². The van der Waals surface area contributed by atoms with Crippen molar-refractivity contribution in [3.05, 3.63) is 77.4 Å². The van der Waals surface area contributed by atoms with Crippen molar-refractivity contribution in [3.8, 4) is 0 Å². The summed E-state index contributed by atoms with van der Waals surface area (Å²) in [5.74, 6) is -20.0. The van der Waals surface area contributed by atoms with Crippen LogP contribution in [-0.2, 0) is 6.18 Å². The molecule has 2 aromatic rings. The predicted molar refractivity (Wildman–Crippen MR) is 85.9 cm³/mol. The van der Waals surface area contributed by atoms with E-state index in [2.05, 4.69) is 0 Å². The van der Waals surface area contributed by atoms with Gasteiger partial charge in [-0.15, -0.1) is 0 Å². The first-order valence-corrected chi connectivity index (χ1v) is 8.08. The Balaban J connectivity index is 2.67. The SMILES string of the molecule is FC(F)(F)c1ccc(/C(=C/C(F)(F)C(F)(F)C(F)(F)C(F)(F)F)c2ccccc2)cc1. The largest absolute Gasteiger partial charge is 0.460 e. The molecule has 0 amide bonds. The van der Waals surface area contributed by atoms with Gasteiger partial charge in [-0.25, -0.2) is 0 Å². The molecular weight excluding hydrogens is 456 g/mol. The van der Waals surface area contributed by atoms with E-state index in [4.69, 9.17) is 0 Å². The molecule has 31 heavy (non-hydrogen) atoms. The minimum absolute atomic E-state index is 0.340. The molecule has 0 aliphatic heterocycles. The minimum atomic E-state index is -7.10. The summed E-state index contributed by atoms with van der Waals surface area (Å²) >= 11 is 0. The summed E-state index contributed by atoms with van der Waals surface area (Å²) < 4.78 is 157. The van der Waals surface area contributed by atoms with Crippen molar-refractivity contribution >= 4 is 5.57 Å². The number of halogens is 12. The lowest BCUT2D eigenvalue weighted by Crippen LogP contribution is -2.60. The second-order valence-electron chi connectivity index (χ2n) is 6.27. The van der Waals surface area contributed by atoms with Gasteiger partial charge >= 0.3 is 30.1 Å². The average Bonchev–Trinajstić information content (AvgIpc) is 2.65.